The fourth-order valence-electron chi connectivity index (χ4n) is 2.88. The number of piperidine rings is 1. The molecule has 2 aromatic heterocycles. The summed E-state index contributed by atoms with van der Waals surface area (Å²) in [6.45, 7) is 7.03. The average Bonchev–Trinajstić information content (AvgIpc) is 2.87. The van der Waals surface area contributed by atoms with Crippen LogP contribution in [0, 0.1) is 6.92 Å². The zero-order valence-electron chi connectivity index (χ0n) is 12.1. The summed E-state index contributed by atoms with van der Waals surface area (Å²) >= 11 is 0. The van der Waals surface area contributed by atoms with Gasteiger partial charge in [-0.15, -0.1) is 0 Å². The molecule has 2 aromatic rings. The molecule has 21 heavy (non-hydrogen) atoms. The van der Waals surface area contributed by atoms with Gasteiger partial charge in [0.2, 0.25) is 0 Å². The SMILES string of the molecule is C=CC(=O)NN1CCC[C@@H](c2nccc3[nH]c(C)nc23)C1. The fourth-order valence-corrected chi connectivity index (χ4v) is 2.88. The Morgan fingerprint density at radius 3 is 3.29 bits per heavy atom. The summed E-state index contributed by atoms with van der Waals surface area (Å²) in [5, 5.41) is 1.94. The second kappa shape index (κ2) is 5.65. The molecule has 6 nitrogen and oxygen atoms in total. The normalized spacial score (nSPS) is 19.6. The van der Waals surface area contributed by atoms with E-state index >= 15 is 0 Å². The number of fused-ring (bicyclic) bond motifs is 1. The highest BCUT2D eigenvalue weighted by atomic mass is 16.2. The Hall–Kier alpha value is -2.21. The molecule has 3 heterocycles. The topological polar surface area (TPSA) is 73.9 Å². The van der Waals surface area contributed by atoms with Crippen LogP contribution in [0.2, 0.25) is 0 Å². The average molecular weight is 285 g/mol. The molecule has 0 radical (unpaired) electrons. The lowest BCUT2D eigenvalue weighted by molar-refractivity contribution is -0.121. The van der Waals surface area contributed by atoms with Crippen LogP contribution in [0.5, 0.6) is 0 Å². The van der Waals surface area contributed by atoms with Crippen molar-refractivity contribution in [2.75, 3.05) is 13.1 Å². The monoisotopic (exact) mass is 285 g/mol. The first kappa shape index (κ1) is 13.8. The molecule has 0 aliphatic carbocycles. The third kappa shape index (κ3) is 2.80. The minimum absolute atomic E-state index is 0.169. The maximum Gasteiger partial charge on any atom is 0.257 e. The van der Waals surface area contributed by atoms with Gasteiger partial charge >= 0.3 is 0 Å². The molecule has 1 saturated heterocycles. The van der Waals surface area contributed by atoms with Crippen molar-refractivity contribution in [1.29, 1.82) is 0 Å². The first-order valence-electron chi connectivity index (χ1n) is 7.16. The molecular formula is C15H19N5O. The fraction of sp³-hybridized carbons (Fsp3) is 0.400. The number of aromatic nitrogens is 3. The molecule has 2 N–H and O–H groups in total. The van der Waals surface area contributed by atoms with Gasteiger partial charge in [0.25, 0.3) is 5.91 Å². The van der Waals surface area contributed by atoms with E-state index in [1.54, 1.807) is 0 Å². The molecule has 1 fully saturated rings. The standard InChI is InChI=1S/C15H19N5O/c1-3-13(21)19-20-8-4-5-11(9-20)14-15-12(6-7-16-14)17-10(2)18-15/h3,6-7,11H,1,4-5,8-9H2,2H3,(H,17,18)(H,19,21)/t11-/m1/s1. The largest absolute Gasteiger partial charge is 0.342 e. The lowest BCUT2D eigenvalue weighted by Crippen LogP contribution is -2.46. The van der Waals surface area contributed by atoms with E-state index in [-0.39, 0.29) is 11.8 Å². The lowest BCUT2D eigenvalue weighted by Gasteiger charge is -2.32. The van der Waals surface area contributed by atoms with E-state index in [1.165, 1.54) is 6.08 Å². The second-order valence-electron chi connectivity index (χ2n) is 5.38. The predicted octanol–water partition coefficient (Wildman–Crippen LogP) is 1.66. The smallest absolute Gasteiger partial charge is 0.257 e. The van der Waals surface area contributed by atoms with Gasteiger partial charge in [0.05, 0.1) is 11.2 Å². The van der Waals surface area contributed by atoms with Crippen LogP contribution in [0.3, 0.4) is 0 Å². The number of rotatable bonds is 3. The van der Waals surface area contributed by atoms with E-state index in [0.717, 1.165) is 48.5 Å². The molecule has 0 saturated carbocycles. The van der Waals surface area contributed by atoms with Crippen LogP contribution in [0.25, 0.3) is 11.0 Å². The van der Waals surface area contributed by atoms with Gasteiger partial charge in [-0.1, -0.05) is 6.58 Å². The van der Waals surface area contributed by atoms with Gasteiger partial charge < -0.3 is 4.98 Å². The number of amides is 1. The third-order valence-electron chi connectivity index (χ3n) is 3.81. The summed E-state index contributed by atoms with van der Waals surface area (Å²) in [6.07, 6.45) is 5.18. The van der Waals surface area contributed by atoms with Crippen molar-refractivity contribution in [3.63, 3.8) is 0 Å². The number of hydrogen-bond donors (Lipinski definition) is 2. The zero-order valence-corrected chi connectivity index (χ0v) is 12.1. The molecule has 0 spiro atoms. The molecule has 110 valence electrons. The second-order valence-corrected chi connectivity index (χ2v) is 5.38. The Morgan fingerprint density at radius 1 is 1.62 bits per heavy atom. The number of pyridine rings is 1. The summed E-state index contributed by atoms with van der Waals surface area (Å²) in [6, 6.07) is 1.94. The molecule has 3 rings (SSSR count). The van der Waals surface area contributed by atoms with Crippen LogP contribution >= 0.6 is 0 Å². The summed E-state index contributed by atoms with van der Waals surface area (Å²) in [7, 11) is 0. The van der Waals surface area contributed by atoms with Gasteiger partial charge in [-0.25, -0.2) is 9.99 Å². The minimum Gasteiger partial charge on any atom is -0.342 e. The first-order chi connectivity index (χ1) is 10.2. The van der Waals surface area contributed by atoms with E-state index in [4.69, 9.17) is 0 Å². The van der Waals surface area contributed by atoms with E-state index in [1.807, 2.05) is 24.2 Å². The van der Waals surface area contributed by atoms with Crippen molar-refractivity contribution in [2.24, 2.45) is 0 Å². The quantitative estimate of drug-likeness (QED) is 0.841. The summed E-state index contributed by atoms with van der Waals surface area (Å²) in [5.74, 6) is 1.000. The number of aromatic amines is 1. The van der Waals surface area contributed by atoms with Crippen LogP contribution in [0.4, 0.5) is 0 Å². The first-order valence-corrected chi connectivity index (χ1v) is 7.16. The molecular weight excluding hydrogens is 266 g/mol. The molecule has 0 bridgehead atoms. The van der Waals surface area contributed by atoms with Crippen molar-refractivity contribution < 1.29 is 4.79 Å². The molecule has 6 heteroatoms. The Kier molecular flexibility index (Phi) is 3.70. The lowest BCUT2D eigenvalue weighted by atomic mass is 9.94. The number of carbonyl (C=O) groups is 1. The van der Waals surface area contributed by atoms with Crippen LogP contribution in [0.1, 0.15) is 30.3 Å². The minimum atomic E-state index is -0.169. The van der Waals surface area contributed by atoms with Crippen LogP contribution in [-0.2, 0) is 4.79 Å². The Bertz CT molecular complexity index is 678. The highest BCUT2D eigenvalue weighted by Gasteiger charge is 2.25. The van der Waals surface area contributed by atoms with Gasteiger partial charge in [-0.05, 0) is 31.9 Å². The van der Waals surface area contributed by atoms with Crippen LogP contribution in [-0.4, -0.2) is 39.0 Å². The van der Waals surface area contributed by atoms with Crippen molar-refractivity contribution in [2.45, 2.75) is 25.7 Å². The Morgan fingerprint density at radius 2 is 2.48 bits per heavy atom. The van der Waals surface area contributed by atoms with Gasteiger partial charge in [0.15, 0.2) is 0 Å². The van der Waals surface area contributed by atoms with Crippen molar-refractivity contribution in [1.82, 2.24) is 25.4 Å². The van der Waals surface area contributed by atoms with Crippen molar-refractivity contribution in [3.05, 3.63) is 36.4 Å². The molecule has 0 unspecified atom stereocenters. The van der Waals surface area contributed by atoms with Gasteiger partial charge in [-0.3, -0.25) is 15.2 Å². The maximum atomic E-state index is 11.4. The summed E-state index contributed by atoms with van der Waals surface area (Å²) < 4.78 is 0. The maximum absolute atomic E-state index is 11.4. The van der Waals surface area contributed by atoms with E-state index in [2.05, 4.69) is 27.0 Å². The Labute approximate surface area is 123 Å². The van der Waals surface area contributed by atoms with E-state index in [9.17, 15) is 4.79 Å². The number of hydrogen-bond acceptors (Lipinski definition) is 4. The van der Waals surface area contributed by atoms with E-state index in [0.29, 0.717) is 0 Å². The predicted molar refractivity (Wildman–Crippen MR) is 80.5 cm³/mol. The molecule has 0 aromatic carbocycles. The summed E-state index contributed by atoms with van der Waals surface area (Å²) in [4.78, 5) is 23.8. The molecule has 1 atom stereocenters. The number of hydrazine groups is 1. The number of H-pyrrole nitrogens is 1. The third-order valence-corrected chi connectivity index (χ3v) is 3.81. The molecule has 1 aliphatic heterocycles. The molecule has 1 aliphatic rings. The van der Waals surface area contributed by atoms with E-state index < -0.39 is 0 Å². The van der Waals surface area contributed by atoms with Crippen LogP contribution < -0.4 is 5.43 Å². The number of carbonyl (C=O) groups excluding carboxylic acids is 1. The van der Waals surface area contributed by atoms with Gasteiger partial charge in [0, 0.05) is 25.2 Å². The van der Waals surface area contributed by atoms with Gasteiger partial charge in [0.1, 0.15) is 11.3 Å². The zero-order chi connectivity index (χ0) is 14.8. The van der Waals surface area contributed by atoms with Crippen molar-refractivity contribution >= 4 is 16.9 Å². The highest BCUT2D eigenvalue weighted by Crippen LogP contribution is 2.29. The van der Waals surface area contributed by atoms with Crippen LogP contribution in [0.15, 0.2) is 24.9 Å². The highest BCUT2D eigenvalue weighted by molar-refractivity contribution is 5.86. The summed E-state index contributed by atoms with van der Waals surface area (Å²) in [5.41, 5.74) is 5.81. The van der Waals surface area contributed by atoms with Crippen molar-refractivity contribution in [3.8, 4) is 0 Å². The number of nitrogens with one attached hydrogen (secondary N) is 2. The number of imidazole rings is 1. The Balaban J connectivity index is 1.84. The molecule has 1 amide bonds. The van der Waals surface area contributed by atoms with Gasteiger partial charge in [-0.2, -0.15) is 0 Å². The number of aryl methyl sites for hydroxylation is 1. The number of nitrogens with zero attached hydrogens (tertiary/aromatic N) is 3.